The number of H-pyrrole nitrogens is 1. The highest BCUT2D eigenvalue weighted by Crippen LogP contribution is 2.62. The fourth-order valence-corrected chi connectivity index (χ4v) is 7.76. The average molecular weight is 342 g/mol. The Labute approximate surface area is 144 Å². The molecule has 1 aromatic heterocycles. The van der Waals surface area contributed by atoms with E-state index in [2.05, 4.69) is 47.5 Å². The molecule has 1 N–H and O–H groups in total. The predicted molar refractivity (Wildman–Crippen MR) is 97.1 cm³/mol. The summed E-state index contributed by atoms with van der Waals surface area (Å²) in [5, 5.41) is 1.86. The summed E-state index contributed by atoms with van der Waals surface area (Å²) < 4.78 is 0. The predicted octanol–water partition coefficient (Wildman–Crippen LogP) is 4.75. The number of hydrogen-bond acceptors (Lipinski definition) is 3. The third-order valence-electron chi connectivity index (χ3n) is 5.81. The zero-order valence-corrected chi connectivity index (χ0v) is 14.4. The molecule has 2 saturated carbocycles. The third kappa shape index (κ3) is 2.26. The van der Waals surface area contributed by atoms with Gasteiger partial charge in [0.1, 0.15) is 0 Å². The first-order valence-corrected chi connectivity index (χ1v) is 10.1. The molecule has 118 valence electrons. The van der Waals surface area contributed by atoms with Crippen LogP contribution in [0.4, 0.5) is 0 Å². The first-order chi connectivity index (χ1) is 11.3. The van der Waals surface area contributed by atoms with Gasteiger partial charge in [-0.1, -0.05) is 53.8 Å². The number of thioether (sulfide) groups is 1. The Balaban J connectivity index is 1.56. The number of aromatic nitrogens is 1. The van der Waals surface area contributed by atoms with Crippen LogP contribution in [0.5, 0.6) is 0 Å². The lowest BCUT2D eigenvalue weighted by Gasteiger charge is -2.38. The van der Waals surface area contributed by atoms with Crippen LogP contribution in [0.15, 0.2) is 46.2 Å². The van der Waals surface area contributed by atoms with Crippen molar-refractivity contribution in [1.82, 2.24) is 4.98 Å². The molecule has 1 aromatic carbocycles. The van der Waals surface area contributed by atoms with Gasteiger partial charge in [0.2, 0.25) is 0 Å². The minimum Gasteiger partial charge on any atom is -0.307 e. The van der Waals surface area contributed by atoms with Crippen LogP contribution in [0, 0.1) is 17.8 Å². The van der Waals surface area contributed by atoms with Gasteiger partial charge < -0.3 is 4.98 Å². The second kappa shape index (κ2) is 5.38. The Kier molecular flexibility index (Phi) is 3.30. The zero-order valence-electron chi connectivity index (χ0n) is 12.8. The Morgan fingerprint density at radius 3 is 2.83 bits per heavy atom. The third-order valence-corrected chi connectivity index (χ3v) is 8.45. The SMILES string of the molecule is O=c1[nH]c2c(s1)[C@H](/C=C/c1ccccc1)[C@H]1[C@H]3CC[C@H](C3)[C@H]1S2. The lowest BCUT2D eigenvalue weighted by molar-refractivity contribution is 0.312. The summed E-state index contributed by atoms with van der Waals surface area (Å²) in [6, 6.07) is 10.5. The summed E-state index contributed by atoms with van der Waals surface area (Å²) >= 11 is 3.38. The van der Waals surface area contributed by atoms with Crippen LogP contribution in [0.1, 0.15) is 35.6 Å². The molecule has 2 heterocycles. The fraction of sp³-hybridized carbons (Fsp3) is 0.421. The molecule has 5 atom stereocenters. The molecule has 2 aliphatic carbocycles. The molecule has 0 amide bonds. The minimum absolute atomic E-state index is 0.105. The zero-order chi connectivity index (χ0) is 15.4. The summed E-state index contributed by atoms with van der Waals surface area (Å²) in [4.78, 5) is 16.4. The number of nitrogens with one attached hydrogen (secondary N) is 1. The Bertz CT molecular complexity index is 806. The average Bonchev–Trinajstić information content (AvgIpc) is 3.26. The van der Waals surface area contributed by atoms with Gasteiger partial charge in [0.25, 0.3) is 0 Å². The van der Waals surface area contributed by atoms with Crippen molar-refractivity contribution in [3.8, 4) is 0 Å². The van der Waals surface area contributed by atoms with Gasteiger partial charge in [0.05, 0.1) is 5.03 Å². The summed E-state index contributed by atoms with van der Waals surface area (Å²) in [6.07, 6.45) is 8.79. The highest BCUT2D eigenvalue weighted by Gasteiger charge is 2.53. The van der Waals surface area contributed by atoms with Gasteiger partial charge in [-0.2, -0.15) is 0 Å². The van der Waals surface area contributed by atoms with Gasteiger partial charge in [-0.15, -0.1) is 11.8 Å². The first-order valence-electron chi connectivity index (χ1n) is 8.42. The van der Waals surface area contributed by atoms with E-state index >= 15 is 0 Å². The maximum atomic E-state index is 11.9. The number of rotatable bonds is 2. The van der Waals surface area contributed by atoms with Crippen LogP contribution in [-0.2, 0) is 0 Å². The quantitative estimate of drug-likeness (QED) is 0.855. The van der Waals surface area contributed by atoms with Gasteiger partial charge in [0, 0.05) is 16.0 Å². The van der Waals surface area contributed by atoms with E-state index in [0.29, 0.717) is 11.2 Å². The lowest BCUT2D eigenvalue weighted by atomic mass is 9.77. The molecule has 0 spiro atoms. The molecule has 23 heavy (non-hydrogen) atoms. The Morgan fingerprint density at radius 2 is 1.96 bits per heavy atom. The van der Waals surface area contributed by atoms with Gasteiger partial charge in [-0.3, -0.25) is 4.79 Å². The van der Waals surface area contributed by atoms with Crippen LogP contribution in [0.25, 0.3) is 6.08 Å². The van der Waals surface area contributed by atoms with Crippen molar-refractivity contribution >= 4 is 29.2 Å². The standard InChI is InChI=1S/C19H19NOS2/c21-19-20-18-17(23-19)14(9-6-11-4-2-1-3-5-11)15-12-7-8-13(10-12)16(15)22-18/h1-6,9,12-16H,7-8,10H2,(H,20,21)/b9-6+/t12-,13+,14+,15+,16+/m0/s1. The molecule has 0 unspecified atom stereocenters. The van der Waals surface area contributed by atoms with E-state index in [1.807, 2.05) is 11.8 Å². The van der Waals surface area contributed by atoms with Crippen molar-refractivity contribution in [3.63, 3.8) is 0 Å². The van der Waals surface area contributed by atoms with Gasteiger partial charge in [-0.25, -0.2) is 0 Å². The second-order valence-corrected chi connectivity index (χ2v) is 9.20. The van der Waals surface area contributed by atoms with Crippen LogP contribution in [0.3, 0.4) is 0 Å². The minimum atomic E-state index is 0.105. The molecular weight excluding hydrogens is 322 g/mol. The molecular formula is C19H19NOS2. The van der Waals surface area contributed by atoms with Crippen molar-refractivity contribution in [3.05, 3.63) is 56.5 Å². The Morgan fingerprint density at radius 1 is 1.13 bits per heavy atom. The van der Waals surface area contributed by atoms with Crippen LogP contribution in [0.2, 0.25) is 0 Å². The fourth-order valence-electron chi connectivity index (χ4n) is 4.89. The highest BCUT2D eigenvalue weighted by molar-refractivity contribution is 8.00. The first kappa shape index (κ1) is 14.1. The van der Waals surface area contributed by atoms with Gasteiger partial charge in [-0.05, 0) is 42.6 Å². The molecule has 2 nitrogen and oxygen atoms in total. The van der Waals surface area contributed by atoms with E-state index in [9.17, 15) is 4.79 Å². The second-order valence-electron chi connectivity index (χ2n) is 7.00. The van der Waals surface area contributed by atoms with Crippen molar-refractivity contribution in [2.75, 3.05) is 0 Å². The van der Waals surface area contributed by atoms with Gasteiger partial charge >= 0.3 is 4.87 Å². The van der Waals surface area contributed by atoms with Crippen LogP contribution in [-0.4, -0.2) is 10.2 Å². The van der Waals surface area contributed by atoms with E-state index < -0.39 is 0 Å². The summed E-state index contributed by atoms with van der Waals surface area (Å²) in [5.41, 5.74) is 1.25. The number of hydrogen-bond donors (Lipinski definition) is 1. The van der Waals surface area contributed by atoms with Gasteiger partial charge in [0.15, 0.2) is 0 Å². The molecule has 2 bridgehead atoms. The van der Waals surface area contributed by atoms with Crippen molar-refractivity contribution < 1.29 is 0 Å². The molecule has 0 saturated heterocycles. The number of aromatic amines is 1. The van der Waals surface area contributed by atoms with E-state index in [4.69, 9.17) is 0 Å². The molecule has 0 radical (unpaired) electrons. The van der Waals surface area contributed by atoms with Crippen molar-refractivity contribution in [1.29, 1.82) is 0 Å². The molecule has 3 aliphatic rings. The summed E-state index contributed by atoms with van der Waals surface area (Å²) in [6.45, 7) is 0. The summed E-state index contributed by atoms with van der Waals surface area (Å²) in [5.74, 6) is 2.85. The van der Waals surface area contributed by atoms with Crippen molar-refractivity contribution in [2.45, 2.75) is 35.5 Å². The monoisotopic (exact) mass is 341 g/mol. The van der Waals surface area contributed by atoms with Crippen LogP contribution < -0.4 is 4.87 Å². The number of thiazole rings is 1. The van der Waals surface area contributed by atoms with Crippen LogP contribution >= 0.6 is 23.1 Å². The van der Waals surface area contributed by atoms with E-state index in [1.165, 1.54) is 41.0 Å². The topological polar surface area (TPSA) is 32.9 Å². The molecule has 4 heteroatoms. The number of fused-ring (bicyclic) bond motifs is 6. The number of benzene rings is 1. The van der Waals surface area contributed by atoms with Crippen molar-refractivity contribution in [2.24, 2.45) is 17.8 Å². The van der Waals surface area contributed by atoms with E-state index in [0.717, 1.165) is 22.8 Å². The Hall–Kier alpha value is -1.26. The molecule has 2 fully saturated rings. The summed E-state index contributed by atoms with van der Waals surface area (Å²) in [7, 11) is 0. The maximum absolute atomic E-state index is 11.9. The highest BCUT2D eigenvalue weighted by atomic mass is 32.2. The molecule has 5 rings (SSSR count). The number of allylic oxidation sites excluding steroid dienone is 1. The smallest absolute Gasteiger partial charge is 0.305 e. The molecule has 2 aromatic rings. The maximum Gasteiger partial charge on any atom is 0.305 e. The normalized spacial score (nSPS) is 34.7. The molecule has 1 aliphatic heterocycles. The van der Waals surface area contributed by atoms with E-state index in [-0.39, 0.29) is 4.87 Å². The van der Waals surface area contributed by atoms with E-state index in [1.54, 1.807) is 0 Å². The largest absolute Gasteiger partial charge is 0.307 e. The lowest BCUT2D eigenvalue weighted by Crippen LogP contribution is -2.32.